The predicted octanol–water partition coefficient (Wildman–Crippen LogP) is 8.16. The van der Waals surface area contributed by atoms with Crippen LogP contribution in [-0.4, -0.2) is 0 Å². The summed E-state index contributed by atoms with van der Waals surface area (Å²) in [6.07, 6.45) is 0. The van der Waals surface area contributed by atoms with Crippen molar-refractivity contribution in [1.29, 1.82) is 0 Å². The van der Waals surface area contributed by atoms with E-state index >= 15 is 0 Å². The van der Waals surface area contributed by atoms with Gasteiger partial charge < -0.3 is 0 Å². The van der Waals surface area contributed by atoms with E-state index < -0.39 is 0 Å². The molecule has 0 fully saturated rings. The van der Waals surface area contributed by atoms with Crippen LogP contribution in [0.5, 0.6) is 0 Å². The Morgan fingerprint density at radius 3 is 2.11 bits per heavy atom. The van der Waals surface area contributed by atoms with Crippen molar-refractivity contribution < 1.29 is 4.39 Å². The lowest BCUT2D eigenvalue weighted by Crippen LogP contribution is -1.83. The number of hydrogen-bond acceptors (Lipinski definition) is 1. The molecule has 0 spiro atoms. The largest absolute Gasteiger partial charge is 0.207 e. The summed E-state index contributed by atoms with van der Waals surface area (Å²) in [6, 6.07) is 30.4. The smallest absolute Gasteiger partial charge is 0.126 e. The van der Waals surface area contributed by atoms with Gasteiger partial charge in [-0.25, -0.2) is 4.39 Å². The summed E-state index contributed by atoms with van der Waals surface area (Å²) in [6.45, 7) is 3.92. The first kappa shape index (κ1) is 18.4. The normalized spacial score (nSPS) is 10.7. The average molecular weight is 385 g/mol. The number of rotatable bonds is 1. The molecule has 1 heterocycles. The van der Waals surface area contributed by atoms with Crippen LogP contribution in [0.25, 0.3) is 31.3 Å². The van der Waals surface area contributed by atoms with Crippen molar-refractivity contribution in [3.8, 4) is 11.1 Å². The topological polar surface area (TPSA) is 0 Å². The zero-order valence-electron chi connectivity index (χ0n) is 15.9. The number of hydrogen-bond donors (Lipinski definition) is 0. The molecule has 0 atom stereocenters. The predicted molar refractivity (Wildman–Crippen MR) is 121 cm³/mol. The van der Waals surface area contributed by atoms with Gasteiger partial charge in [0.15, 0.2) is 0 Å². The van der Waals surface area contributed by atoms with Crippen LogP contribution >= 0.6 is 11.3 Å². The SMILES string of the molecule is Cc1cc(-c2ccccc2)ccc1F.Cc1ccc2sc3ccccc3c2c1. The van der Waals surface area contributed by atoms with E-state index in [2.05, 4.69) is 49.4 Å². The van der Waals surface area contributed by atoms with Crippen molar-refractivity contribution in [2.75, 3.05) is 0 Å². The Hall–Kier alpha value is -2.97. The molecule has 0 unspecified atom stereocenters. The van der Waals surface area contributed by atoms with Crippen LogP contribution in [0.2, 0.25) is 0 Å². The molecule has 0 amide bonds. The average Bonchev–Trinajstić information content (AvgIpc) is 3.09. The highest BCUT2D eigenvalue weighted by molar-refractivity contribution is 7.25. The fourth-order valence-electron chi connectivity index (χ4n) is 3.29. The Bertz CT molecular complexity index is 1240. The summed E-state index contributed by atoms with van der Waals surface area (Å²) >= 11 is 1.87. The van der Waals surface area contributed by atoms with Gasteiger partial charge in [0.2, 0.25) is 0 Å². The Kier molecular flexibility index (Phi) is 5.23. The zero-order chi connectivity index (χ0) is 19.5. The lowest BCUT2D eigenvalue weighted by molar-refractivity contribution is 0.619. The second-order valence-corrected chi connectivity index (χ2v) is 8.01. The van der Waals surface area contributed by atoms with Crippen LogP contribution in [0.4, 0.5) is 4.39 Å². The first-order chi connectivity index (χ1) is 13.6. The summed E-state index contributed by atoms with van der Waals surface area (Å²) in [5.41, 5.74) is 4.20. The molecule has 0 nitrogen and oxygen atoms in total. The molecule has 0 radical (unpaired) electrons. The molecular formula is C26H21FS. The van der Waals surface area contributed by atoms with Crippen molar-refractivity contribution in [2.24, 2.45) is 0 Å². The highest BCUT2D eigenvalue weighted by atomic mass is 32.1. The molecule has 0 N–H and O–H groups in total. The monoisotopic (exact) mass is 384 g/mol. The molecule has 2 heteroatoms. The van der Waals surface area contributed by atoms with E-state index in [1.54, 1.807) is 13.0 Å². The standard InChI is InChI=1S/C13H11F.C13H10S/c1-10-9-12(7-8-13(10)14)11-5-3-2-4-6-11;1-9-6-7-13-11(8-9)10-4-2-3-5-12(10)14-13/h2-9H,1H3;2-8H,1H3. The molecule has 5 rings (SSSR count). The Labute approximate surface area is 168 Å². The van der Waals surface area contributed by atoms with Gasteiger partial charge in [0.25, 0.3) is 0 Å². The molecule has 0 saturated heterocycles. The molecule has 5 aromatic rings. The van der Waals surface area contributed by atoms with E-state index in [-0.39, 0.29) is 5.82 Å². The summed E-state index contributed by atoms with van der Waals surface area (Å²) in [5.74, 6) is -0.148. The Morgan fingerprint density at radius 1 is 0.607 bits per heavy atom. The third-order valence-electron chi connectivity index (χ3n) is 4.80. The second kappa shape index (κ2) is 7.95. The van der Waals surface area contributed by atoms with Gasteiger partial charge in [-0.2, -0.15) is 0 Å². The summed E-state index contributed by atoms with van der Waals surface area (Å²) in [5, 5.41) is 2.78. The van der Waals surface area contributed by atoms with Gasteiger partial charge in [-0.05, 0) is 60.9 Å². The van der Waals surface area contributed by atoms with E-state index in [1.165, 1.54) is 31.8 Å². The maximum absolute atomic E-state index is 13.0. The molecule has 28 heavy (non-hydrogen) atoms. The summed E-state index contributed by atoms with van der Waals surface area (Å²) in [4.78, 5) is 0. The number of halogens is 1. The fourth-order valence-corrected chi connectivity index (χ4v) is 4.38. The van der Waals surface area contributed by atoms with Crippen LogP contribution in [0.1, 0.15) is 11.1 Å². The van der Waals surface area contributed by atoms with Crippen LogP contribution < -0.4 is 0 Å². The molecule has 0 aliphatic heterocycles. The maximum atomic E-state index is 13.0. The molecular weight excluding hydrogens is 363 g/mol. The van der Waals surface area contributed by atoms with E-state index in [0.717, 1.165) is 11.1 Å². The first-order valence-corrected chi connectivity index (χ1v) is 10.1. The van der Waals surface area contributed by atoms with Crippen molar-refractivity contribution in [3.63, 3.8) is 0 Å². The lowest BCUT2D eigenvalue weighted by atomic mass is 10.0. The van der Waals surface area contributed by atoms with Gasteiger partial charge in [0, 0.05) is 20.2 Å². The van der Waals surface area contributed by atoms with Crippen molar-refractivity contribution in [2.45, 2.75) is 13.8 Å². The van der Waals surface area contributed by atoms with Crippen molar-refractivity contribution in [1.82, 2.24) is 0 Å². The quantitative estimate of drug-likeness (QED) is 0.273. The molecule has 0 saturated carbocycles. The minimum absolute atomic E-state index is 0.148. The molecule has 1 aromatic heterocycles. The Morgan fingerprint density at radius 2 is 1.32 bits per heavy atom. The number of thiophene rings is 1. The van der Waals surface area contributed by atoms with Crippen LogP contribution in [-0.2, 0) is 0 Å². The Balaban J connectivity index is 0.000000137. The van der Waals surface area contributed by atoms with Gasteiger partial charge in [0.05, 0.1) is 0 Å². The molecule has 4 aromatic carbocycles. The third kappa shape index (κ3) is 3.83. The van der Waals surface area contributed by atoms with Gasteiger partial charge in [-0.3, -0.25) is 0 Å². The summed E-state index contributed by atoms with van der Waals surface area (Å²) < 4.78 is 15.8. The third-order valence-corrected chi connectivity index (χ3v) is 5.95. The van der Waals surface area contributed by atoms with Gasteiger partial charge in [0.1, 0.15) is 5.82 Å². The fraction of sp³-hybridized carbons (Fsp3) is 0.0769. The van der Waals surface area contributed by atoms with Gasteiger partial charge in [-0.15, -0.1) is 11.3 Å². The molecule has 0 aliphatic carbocycles. The van der Waals surface area contributed by atoms with Gasteiger partial charge in [-0.1, -0.05) is 66.2 Å². The van der Waals surface area contributed by atoms with Crippen LogP contribution in [0.3, 0.4) is 0 Å². The van der Waals surface area contributed by atoms with E-state index in [4.69, 9.17) is 0 Å². The van der Waals surface area contributed by atoms with E-state index in [9.17, 15) is 4.39 Å². The van der Waals surface area contributed by atoms with Crippen LogP contribution in [0.15, 0.2) is 91.0 Å². The minimum atomic E-state index is -0.148. The maximum Gasteiger partial charge on any atom is 0.126 e. The van der Waals surface area contributed by atoms with Crippen molar-refractivity contribution >= 4 is 31.5 Å². The first-order valence-electron chi connectivity index (χ1n) is 9.31. The van der Waals surface area contributed by atoms with Crippen molar-refractivity contribution in [3.05, 3.63) is 108 Å². The van der Waals surface area contributed by atoms with E-state index in [1.807, 2.05) is 47.7 Å². The highest BCUT2D eigenvalue weighted by Gasteiger charge is 2.03. The number of aryl methyl sites for hydroxylation is 2. The summed E-state index contributed by atoms with van der Waals surface area (Å²) in [7, 11) is 0. The highest BCUT2D eigenvalue weighted by Crippen LogP contribution is 2.33. The number of fused-ring (bicyclic) bond motifs is 3. The van der Waals surface area contributed by atoms with Gasteiger partial charge >= 0.3 is 0 Å². The molecule has 0 bridgehead atoms. The van der Waals surface area contributed by atoms with E-state index in [0.29, 0.717) is 5.56 Å². The second-order valence-electron chi connectivity index (χ2n) is 6.93. The molecule has 0 aliphatic rings. The van der Waals surface area contributed by atoms with Crippen LogP contribution in [0, 0.1) is 19.7 Å². The minimum Gasteiger partial charge on any atom is -0.207 e. The molecule has 138 valence electrons. The zero-order valence-corrected chi connectivity index (χ0v) is 16.8. The lowest BCUT2D eigenvalue weighted by Gasteiger charge is -2.03. The number of benzene rings is 4.